The zero-order chi connectivity index (χ0) is 24.8. The minimum absolute atomic E-state index is 0.178. The van der Waals surface area contributed by atoms with Crippen LogP contribution in [0.25, 0.3) is 54.6 Å². The van der Waals surface area contributed by atoms with Crippen molar-refractivity contribution in [2.75, 3.05) is 14.2 Å². The molecule has 0 unspecified atom stereocenters. The van der Waals surface area contributed by atoms with E-state index in [4.69, 9.17) is 9.47 Å². The Kier molecular flexibility index (Phi) is 5.15. The number of esters is 2. The zero-order valence-electron chi connectivity index (χ0n) is 19.9. The van der Waals surface area contributed by atoms with E-state index in [1.165, 1.54) is 52.1 Å². The van der Waals surface area contributed by atoms with Gasteiger partial charge in [0.05, 0.1) is 25.3 Å². The number of hydrogen-bond acceptors (Lipinski definition) is 4. The van der Waals surface area contributed by atoms with Crippen molar-refractivity contribution in [3.05, 3.63) is 108 Å². The molecule has 0 amide bonds. The van der Waals surface area contributed by atoms with Crippen LogP contribution in [0.4, 0.5) is 0 Å². The fraction of sp³-hybridized carbons (Fsp3) is 0.0625. The molecule has 0 aromatic heterocycles. The third-order valence-electron chi connectivity index (χ3n) is 6.89. The van der Waals surface area contributed by atoms with Crippen molar-refractivity contribution >= 4 is 44.3 Å². The number of carbonyl (C=O) groups is 2. The van der Waals surface area contributed by atoms with Crippen LogP contribution in [0.2, 0.25) is 0 Å². The molecule has 0 atom stereocenters. The van der Waals surface area contributed by atoms with Crippen LogP contribution in [0.1, 0.15) is 20.7 Å². The highest BCUT2D eigenvalue weighted by atomic mass is 16.5. The Morgan fingerprint density at radius 1 is 0.528 bits per heavy atom. The molecule has 174 valence electrons. The van der Waals surface area contributed by atoms with Crippen molar-refractivity contribution in [2.24, 2.45) is 0 Å². The van der Waals surface area contributed by atoms with Gasteiger partial charge in [0.1, 0.15) is 0 Å². The molecule has 36 heavy (non-hydrogen) atoms. The van der Waals surface area contributed by atoms with Gasteiger partial charge < -0.3 is 9.47 Å². The first-order valence-electron chi connectivity index (χ1n) is 11.7. The van der Waals surface area contributed by atoms with E-state index in [1.54, 1.807) is 12.1 Å². The minimum Gasteiger partial charge on any atom is -0.465 e. The maximum absolute atomic E-state index is 12.3. The van der Waals surface area contributed by atoms with Gasteiger partial charge in [-0.1, -0.05) is 84.9 Å². The molecular weight excluding hydrogens is 448 g/mol. The van der Waals surface area contributed by atoms with Gasteiger partial charge >= 0.3 is 11.9 Å². The van der Waals surface area contributed by atoms with Gasteiger partial charge in [0.15, 0.2) is 0 Å². The van der Waals surface area contributed by atoms with Crippen molar-refractivity contribution in [3.8, 4) is 22.3 Å². The van der Waals surface area contributed by atoms with E-state index in [0.29, 0.717) is 0 Å². The van der Waals surface area contributed by atoms with Crippen LogP contribution in [-0.4, -0.2) is 26.2 Å². The number of hydrogen-bond donors (Lipinski definition) is 0. The van der Waals surface area contributed by atoms with E-state index in [-0.39, 0.29) is 11.1 Å². The Hall–Kier alpha value is -4.70. The maximum Gasteiger partial charge on any atom is 0.338 e. The third-order valence-corrected chi connectivity index (χ3v) is 6.89. The molecule has 0 aliphatic rings. The molecule has 0 N–H and O–H groups in total. The summed E-state index contributed by atoms with van der Waals surface area (Å²) < 4.78 is 9.69. The van der Waals surface area contributed by atoms with E-state index < -0.39 is 11.9 Å². The predicted molar refractivity (Wildman–Crippen MR) is 144 cm³/mol. The summed E-state index contributed by atoms with van der Waals surface area (Å²) in [5.41, 5.74) is 4.37. The van der Waals surface area contributed by atoms with Gasteiger partial charge in [-0.25, -0.2) is 9.59 Å². The van der Waals surface area contributed by atoms with Crippen molar-refractivity contribution in [2.45, 2.75) is 0 Å². The van der Waals surface area contributed by atoms with E-state index in [2.05, 4.69) is 66.7 Å². The lowest BCUT2D eigenvalue weighted by Gasteiger charge is -2.14. The van der Waals surface area contributed by atoms with Gasteiger partial charge in [0.2, 0.25) is 0 Å². The molecular formula is C32H22O4. The molecule has 0 heterocycles. The first-order chi connectivity index (χ1) is 17.6. The summed E-state index contributed by atoms with van der Waals surface area (Å²) in [5, 5.41) is 7.53. The average Bonchev–Trinajstić information content (AvgIpc) is 2.94. The van der Waals surface area contributed by atoms with Crippen LogP contribution in [0.5, 0.6) is 0 Å². The van der Waals surface area contributed by atoms with Crippen LogP contribution in [0.15, 0.2) is 97.1 Å². The smallest absolute Gasteiger partial charge is 0.338 e. The zero-order valence-corrected chi connectivity index (χ0v) is 19.9. The molecule has 0 fully saturated rings. The minimum atomic E-state index is -0.581. The lowest BCUT2D eigenvalue weighted by molar-refractivity contribution is 0.0555. The molecule has 4 nitrogen and oxygen atoms in total. The van der Waals surface area contributed by atoms with Gasteiger partial charge in [-0.3, -0.25) is 0 Å². The summed E-state index contributed by atoms with van der Waals surface area (Å²) in [6, 6.07) is 32.9. The monoisotopic (exact) mass is 470 g/mol. The Morgan fingerprint density at radius 3 is 1.78 bits per heavy atom. The second-order valence-corrected chi connectivity index (χ2v) is 8.79. The fourth-order valence-electron chi connectivity index (χ4n) is 5.12. The van der Waals surface area contributed by atoms with E-state index >= 15 is 0 Å². The quantitative estimate of drug-likeness (QED) is 0.198. The van der Waals surface area contributed by atoms with Gasteiger partial charge in [-0.2, -0.15) is 0 Å². The maximum atomic E-state index is 12.3. The largest absolute Gasteiger partial charge is 0.465 e. The van der Waals surface area contributed by atoms with Crippen LogP contribution in [-0.2, 0) is 9.47 Å². The fourth-order valence-corrected chi connectivity index (χ4v) is 5.12. The molecule has 0 saturated carbocycles. The number of ether oxygens (including phenoxy) is 2. The highest BCUT2D eigenvalue weighted by molar-refractivity contribution is 6.25. The SMILES string of the molecule is COC(=O)c1ccc(-c2ccc(-c3ccc4ccc5cccc6ccc3c4c56)cc2)cc1C(=O)OC. The van der Waals surface area contributed by atoms with Crippen LogP contribution >= 0.6 is 0 Å². The Balaban J connectivity index is 1.45. The van der Waals surface area contributed by atoms with Gasteiger partial charge in [0.25, 0.3) is 0 Å². The van der Waals surface area contributed by atoms with E-state index in [9.17, 15) is 9.59 Å². The second kappa shape index (κ2) is 8.51. The highest BCUT2D eigenvalue weighted by Gasteiger charge is 2.19. The van der Waals surface area contributed by atoms with E-state index in [1.807, 2.05) is 18.2 Å². The summed E-state index contributed by atoms with van der Waals surface area (Å²) in [5.74, 6) is -1.16. The number of rotatable bonds is 4. The molecule has 0 aliphatic carbocycles. The van der Waals surface area contributed by atoms with Crippen molar-refractivity contribution in [1.29, 1.82) is 0 Å². The van der Waals surface area contributed by atoms with Crippen molar-refractivity contribution in [3.63, 3.8) is 0 Å². The average molecular weight is 471 g/mol. The summed E-state index contributed by atoms with van der Waals surface area (Å²) in [4.78, 5) is 24.4. The molecule has 0 radical (unpaired) electrons. The molecule has 6 aromatic carbocycles. The standard InChI is InChI=1S/C32H22O4/c1-35-31(33)27-17-14-24(18-28(27)32(34)36-2)19-6-8-20(9-7-19)25-15-12-23-11-10-21-4-3-5-22-13-16-26(25)30(23)29(21)22/h3-18H,1-2H3. The van der Waals surface area contributed by atoms with Crippen LogP contribution in [0, 0.1) is 0 Å². The second-order valence-electron chi connectivity index (χ2n) is 8.79. The molecule has 6 rings (SSSR count). The van der Waals surface area contributed by atoms with Gasteiger partial charge in [-0.15, -0.1) is 0 Å². The van der Waals surface area contributed by atoms with E-state index in [0.717, 1.165) is 16.7 Å². The number of carbonyl (C=O) groups excluding carboxylic acids is 2. The summed E-state index contributed by atoms with van der Waals surface area (Å²) >= 11 is 0. The lowest BCUT2D eigenvalue weighted by Crippen LogP contribution is -2.11. The summed E-state index contributed by atoms with van der Waals surface area (Å²) in [6.07, 6.45) is 0. The summed E-state index contributed by atoms with van der Waals surface area (Å²) in [7, 11) is 2.58. The van der Waals surface area contributed by atoms with Crippen LogP contribution in [0.3, 0.4) is 0 Å². The molecule has 4 heteroatoms. The molecule has 6 aromatic rings. The van der Waals surface area contributed by atoms with Crippen molar-refractivity contribution in [1.82, 2.24) is 0 Å². The van der Waals surface area contributed by atoms with Crippen molar-refractivity contribution < 1.29 is 19.1 Å². The topological polar surface area (TPSA) is 52.6 Å². The first kappa shape index (κ1) is 21.8. The third kappa shape index (κ3) is 3.38. The highest BCUT2D eigenvalue weighted by Crippen LogP contribution is 2.39. The molecule has 0 spiro atoms. The number of benzene rings is 6. The first-order valence-corrected chi connectivity index (χ1v) is 11.7. The Bertz CT molecular complexity index is 1770. The lowest BCUT2D eigenvalue weighted by atomic mass is 9.89. The molecule has 0 bridgehead atoms. The molecule has 0 aliphatic heterocycles. The molecule has 0 saturated heterocycles. The van der Waals surface area contributed by atoms with Gasteiger partial charge in [-0.05, 0) is 66.7 Å². The Morgan fingerprint density at radius 2 is 1.08 bits per heavy atom. The predicted octanol–water partition coefficient (Wildman–Crippen LogP) is 7.49. The summed E-state index contributed by atoms with van der Waals surface area (Å²) in [6.45, 7) is 0. The Labute approximate surface area is 208 Å². The normalized spacial score (nSPS) is 11.3. The number of methoxy groups -OCH3 is 2. The van der Waals surface area contributed by atoms with Gasteiger partial charge in [0, 0.05) is 0 Å². The van der Waals surface area contributed by atoms with Crippen LogP contribution < -0.4 is 0 Å².